The van der Waals surface area contributed by atoms with Gasteiger partial charge in [-0.3, -0.25) is 14.3 Å². The van der Waals surface area contributed by atoms with Gasteiger partial charge in [-0.15, -0.1) is 0 Å². The van der Waals surface area contributed by atoms with E-state index in [2.05, 4.69) is 4.98 Å². The number of diazo groups is 1. The average molecular weight is 255 g/mol. The summed E-state index contributed by atoms with van der Waals surface area (Å²) in [5, 5.41) is 27.1. The van der Waals surface area contributed by atoms with E-state index in [0.29, 0.717) is 0 Å². The van der Waals surface area contributed by atoms with Gasteiger partial charge < -0.3 is 14.9 Å². The van der Waals surface area contributed by atoms with Gasteiger partial charge in [0, 0.05) is 6.42 Å². The van der Waals surface area contributed by atoms with Crippen molar-refractivity contribution in [2.45, 2.75) is 24.9 Å². The molecular weight excluding hydrogens is 244 g/mol. The van der Waals surface area contributed by atoms with Gasteiger partial charge >= 0.3 is 16.9 Å². The molecule has 2 heterocycles. The Morgan fingerprint density at radius 3 is 2.89 bits per heavy atom. The lowest BCUT2D eigenvalue weighted by Crippen LogP contribution is -2.32. The number of aromatic nitrogens is 2. The number of aliphatic hydroxyl groups excluding tert-OH is 2. The van der Waals surface area contributed by atoms with Crippen molar-refractivity contribution in [1.29, 1.82) is 5.39 Å². The van der Waals surface area contributed by atoms with Crippen LogP contribution in [0.25, 0.3) is 4.98 Å². The van der Waals surface area contributed by atoms with Crippen LogP contribution in [0.1, 0.15) is 12.6 Å². The summed E-state index contributed by atoms with van der Waals surface area (Å²) >= 11 is 0. The van der Waals surface area contributed by atoms with Gasteiger partial charge in [0.2, 0.25) is 5.39 Å². The van der Waals surface area contributed by atoms with Crippen LogP contribution in [-0.2, 0) is 4.74 Å². The van der Waals surface area contributed by atoms with E-state index in [1.54, 1.807) is 0 Å². The smallest absolute Gasteiger partial charge is 0.394 e. The van der Waals surface area contributed by atoms with Crippen LogP contribution in [0.15, 0.2) is 15.8 Å². The Balaban J connectivity index is 2.39. The third kappa shape index (κ3) is 2.04. The highest BCUT2D eigenvalue weighted by Gasteiger charge is 2.35. The molecule has 18 heavy (non-hydrogen) atoms. The summed E-state index contributed by atoms with van der Waals surface area (Å²) in [6.45, 7) is -0.382. The highest BCUT2D eigenvalue weighted by Crippen LogP contribution is 2.27. The summed E-state index contributed by atoms with van der Waals surface area (Å²) in [5.41, 5.74) is -1.92. The first-order valence-electron chi connectivity index (χ1n) is 5.21. The zero-order valence-electron chi connectivity index (χ0n) is 9.18. The van der Waals surface area contributed by atoms with Gasteiger partial charge in [0.25, 0.3) is 0 Å². The lowest BCUT2D eigenvalue weighted by Gasteiger charge is -2.12. The molecule has 2 rings (SSSR count). The van der Waals surface area contributed by atoms with E-state index in [-0.39, 0.29) is 18.7 Å². The second-order valence-corrected chi connectivity index (χ2v) is 3.90. The van der Waals surface area contributed by atoms with Crippen LogP contribution >= 0.6 is 0 Å². The second-order valence-electron chi connectivity index (χ2n) is 3.90. The molecule has 0 radical (unpaired) electrons. The fraction of sp³-hybridized carbons (Fsp3) is 0.556. The molecule has 1 aromatic rings. The van der Waals surface area contributed by atoms with Crippen LogP contribution in [0.3, 0.4) is 0 Å². The van der Waals surface area contributed by atoms with Crippen LogP contribution in [0.2, 0.25) is 0 Å². The van der Waals surface area contributed by atoms with E-state index in [1.807, 2.05) is 4.98 Å². The van der Waals surface area contributed by atoms with Crippen LogP contribution in [0.5, 0.6) is 0 Å². The van der Waals surface area contributed by atoms with Crippen molar-refractivity contribution >= 4 is 5.69 Å². The highest BCUT2D eigenvalue weighted by molar-refractivity contribution is 5.37. The molecule has 3 unspecified atom stereocenters. The monoisotopic (exact) mass is 255 g/mol. The lowest BCUT2D eigenvalue weighted by molar-refractivity contribution is -0.0458. The predicted octanol–water partition coefficient (Wildman–Crippen LogP) is -1.34. The van der Waals surface area contributed by atoms with Crippen molar-refractivity contribution in [3.63, 3.8) is 0 Å². The summed E-state index contributed by atoms with van der Waals surface area (Å²) in [4.78, 5) is 27.4. The van der Waals surface area contributed by atoms with E-state index in [4.69, 9.17) is 15.2 Å². The number of nitrogens with zero attached hydrogens (tertiary/aromatic N) is 3. The van der Waals surface area contributed by atoms with E-state index in [0.717, 1.165) is 10.8 Å². The molecular formula is C9H11N4O5+. The van der Waals surface area contributed by atoms with Gasteiger partial charge in [0.05, 0.1) is 12.7 Å². The number of nitrogens with one attached hydrogen (secondary N) is 1. The fourth-order valence-corrected chi connectivity index (χ4v) is 1.81. The van der Waals surface area contributed by atoms with Crippen molar-refractivity contribution in [2.24, 2.45) is 0 Å². The minimum absolute atomic E-state index is 0.0854. The number of hydrogen-bond donors (Lipinski definition) is 3. The molecule has 1 saturated heterocycles. The Hall–Kier alpha value is -2.02. The van der Waals surface area contributed by atoms with Crippen LogP contribution in [-0.4, -0.2) is 38.6 Å². The molecule has 0 bridgehead atoms. The topological polar surface area (TPSA) is 133 Å². The average Bonchev–Trinajstić information content (AvgIpc) is 2.70. The first-order valence-corrected chi connectivity index (χ1v) is 5.21. The summed E-state index contributed by atoms with van der Waals surface area (Å²) in [6.07, 6.45) is -1.42. The SMILES string of the molecule is N#[N+]c1cn(C2CC(O)C(CO)O2)c(=O)[nH]c1=O. The van der Waals surface area contributed by atoms with Crippen LogP contribution < -0.4 is 11.2 Å². The van der Waals surface area contributed by atoms with Crippen molar-refractivity contribution in [2.75, 3.05) is 6.61 Å². The Morgan fingerprint density at radius 2 is 2.33 bits per heavy atom. The zero-order chi connectivity index (χ0) is 13.3. The van der Waals surface area contributed by atoms with E-state index in [1.165, 1.54) is 0 Å². The minimum atomic E-state index is -0.909. The highest BCUT2D eigenvalue weighted by atomic mass is 16.5. The Morgan fingerprint density at radius 1 is 1.61 bits per heavy atom. The first-order chi connectivity index (χ1) is 8.56. The summed E-state index contributed by atoms with van der Waals surface area (Å²) in [5.74, 6) is 0. The van der Waals surface area contributed by atoms with Gasteiger partial charge in [0.15, 0.2) is 4.98 Å². The standard InChI is InChI=1S/C9H10N4O5/c10-12-4-2-13(9(17)11-8(4)16)7-1-5(15)6(3-14)18-7/h2,5-7,14-15H,1,3H2/p+1. The number of H-pyrrole nitrogens is 1. The van der Waals surface area contributed by atoms with E-state index in [9.17, 15) is 14.7 Å². The van der Waals surface area contributed by atoms with Crippen molar-refractivity contribution < 1.29 is 14.9 Å². The molecule has 1 fully saturated rings. The van der Waals surface area contributed by atoms with Crippen molar-refractivity contribution in [3.05, 3.63) is 32.0 Å². The molecule has 9 nitrogen and oxygen atoms in total. The fourth-order valence-electron chi connectivity index (χ4n) is 1.81. The zero-order valence-corrected chi connectivity index (χ0v) is 9.18. The molecule has 0 saturated carbocycles. The van der Waals surface area contributed by atoms with Gasteiger partial charge in [0.1, 0.15) is 18.5 Å². The summed E-state index contributed by atoms with van der Waals surface area (Å²) in [6, 6.07) is 0. The molecule has 1 aliphatic heterocycles. The molecule has 0 spiro atoms. The number of ether oxygens (including phenoxy) is 1. The molecule has 0 amide bonds. The maximum Gasteiger partial charge on any atom is 0.465 e. The van der Waals surface area contributed by atoms with E-state index < -0.39 is 29.7 Å². The number of hydrogen-bond acceptors (Lipinski definition) is 6. The second kappa shape index (κ2) is 4.69. The molecule has 3 atom stereocenters. The normalized spacial score (nSPS) is 27.1. The minimum Gasteiger partial charge on any atom is -0.394 e. The molecule has 3 N–H and O–H groups in total. The Labute approximate surface area is 99.9 Å². The third-order valence-corrected chi connectivity index (χ3v) is 2.75. The Bertz CT molecular complexity index is 600. The van der Waals surface area contributed by atoms with Crippen molar-refractivity contribution in [3.8, 4) is 0 Å². The molecule has 1 aliphatic rings. The predicted molar refractivity (Wildman–Crippen MR) is 57.7 cm³/mol. The number of aliphatic hydroxyl groups is 2. The maximum atomic E-state index is 11.6. The Kier molecular flexibility index (Phi) is 3.24. The van der Waals surface area contributed by atoms with Crippen LogP contribution in [0.4, 0.5) is 5.69 Å². The largest absolute Gasteiger partial charge is 0.465 e. The number of rotatable bonds is 2. The molecule has 96 valence electrons. The summed E-state index contributed by atoms with van der Waals surface area (Å²) < 4.78 is 6.24. The van der Waals surface area contributed by atoms with Crippen LogP contribution in [0, 0.1) is 5.39 Å². The third-order valence-electron chi connectivity index (χ3n) is 2.75. The molecule has 0 aromatic carbocycles. The van der Waals surface area contributed by atoms with Gasteiger partial charge in [-0.1, -0.05) is 0 Å². The van der Waals surface area contributed by atoms with Gasteiger partial charge in [-0.2, -0.15) is 0 Å². The summed E-state index contributed by atoms with van der Waals surface area (Å²) in [7, 11) is 0. The molecule has 0 aliphatic carbocycles. The van der Waals surface area contributed by atoms with E-state index >= 15 is 0 Å². The molecule has 9 heteroatoms. The lowest BCUT2D eigenvalue weighted by atomic mass is 10.2. The first kappa shape index (κ1) is 12.4. The maximum absolute atomic E-state index is 11.6. The van der Waals surface area contributed by atoms with Crippen molar-refractivity contribution in [1.82, 2.24) is 9.55 Å². The number of aromatic amines is 1. The van der Waals surface area contributed by atoms with Gasteiger partial charge in [-0.05, 0) is 0 Å². The quantitative estimate of drug-likeness (QED) is 0.560. The van der Waals surface area contributed by atoms with Gasteiger partial charge in [-0.25, -0.2) is 4.79 Å². The molecule has 1 aromatic heterocycles.